The molecule has 1 aromatic rings. The normalized spacial score (nSPS) is 26.2. The minimum atomic E-state index is 0.165. The number of nitrogens with zero attached hydrogens (tertiary/aromatic N) is 3. The molecule has 1 aliphatic carbocycles. The molecule has 2 saturated heterocycles. The lowest BCUT2D eigenvalue weighted by molar-refractivity contribution is -0.133. The molecule has 1 atom stereocenters. The fraction of sp³-hybridized carbons (Fsp3) is 0.696. The predicted molar refractivity (Wildman–Crippen MR) is 111 cm³/mol. The van der Waals surface area contributed by atoms with Crippen molar-refractivity contribution in [3.8, 4) is 11.5 Å². The fourth-order valence-electron chi connectivity index (χ4n) is 5.52. The maximum Gasteiger partial charge on any atom is 0.237 e. The molecule has 5 rings (SSSR count). The van der Waals surface area contributed by atoms with Crippen LogP contribution < -0.4 is 9.47 Å². The van der Waals surface area contributed by atoms with Gasteiger partial charge in [-0.3, -0.25) is 14.6 Å². The van der Waals surface area contributed by atoms with E-state index in [1.54, 1.807) is 0 Å². The van der Waals surface area contributed by atoms with Crippen LogP contribution >= 0.6 is 0 Å². The molecule has 1 amide bonds. The summed E-state index contributed by atoms with van der Waals surface area (Å²) in [5, 5.41) is 0. The summed E-state index contributed by atoms with van der Waals surface area (Å²) in [4.78, 5) is 20.2. The third-order valence-corrected chi connectivity index (χ3v) is 7.13. The molecule has 0 N–H and O–H groups in total. The van der Waals surface area contributed by atoms with Crippen LogP contribution in [0.25, 0.3) is 0 Å². The minimum Gasteiger partial charge on any atom is -0.486 e. The molecule has 1 unspecified atom stereocenters. The first-order valence-corrected chi connectivity index (χ1v) is 11.4. The van der Waals surface area contributed by atoms with Gasteiger partial charge in [-0.15, -0.1) is 0 Å². The first-order chi connectivity index (χ1) is 14.3. The van der Waals surface area contributed by atoms with Gasteiger partial charge in [0.05, 0.1) is 12.6 Å². The van der Waals surface area contributed by atoms with Gasteiger partial charge in [0.25, 0.3) is 0 Å². The standard InChI is InChI=1S/C23H33N3O3/c27-23(17-24-10-12-25(13-11-24)19-4-1-2-5-19)26-9-3-6-20(26)18-7-8-21-22(16-18)29-15-14-28-21/h7-8,16,19-20H,1-6,9-15,17H2. The topological polar surface area (TPSA) is 45.3 Å². The van der Waals surface area contributed by atoms with Crippen LogP contribution in [0.5, 0.6) is 11.5 Å². The predicted octanol–water partition coefficient (Wildman–Crippen LogP) is 2.68. The molecule has 29 heavy (non-hydrogen) atoms. The summed E-state index contributed by atoms with van der Waals surface area (Å²) in [6.07, 6.45) is 7.61. The van der Waals surface area contributed by atoms with E-state index >= 15 is 0 Å². The van der Waals surface area contributed by atoms with Crippen molar-refractivity contribution in [1.29, 1.82) is 0 Å². The Morgan fingerprint density at radius 1 is 0.897 bits per heavy atom. The van der Waals surface area contributed by atoms with Crippen LogP contribution in [0.15, 0.2) is 18.2 Å². The summed E-state index contributed by atoms with van der Waals surface area (Å²) < 4.78 is 11.4. The van der Waals surface area contributed by atoms with Gasteiger partial charge in [-0.05, 0) is 43.4 Å². The minimum absolute atomic E-state index is 0.165. The van der Waals surface area contributed by atoms with Crippen molar-refractivity contribution >= 4 is 5.91 Å². The van der Waals surface area contributed by atoms with Gasteiger partial charge in [-0.2, -0.15) is 0 Å². The number of piperazine rings is 1. The van der Waals surface area contributed by atoms with E-state index in [4.69, 9.17) is 9.47 Å². The van der Waals surface area contributed by atoms with E-state index in [2.05, 4.69) is 26.8 Å². The van der Waals surface area contributed by atoms with Crippen molar-refractivity contribution in [2.24, 2.45) is 0 Å². The number of hydrogen-bond donors (Lipinski definition) is 0. The van der Waals surface area contributed by atoms with Crippen molar-refractivity contribution in [2.75, 3.05) is 52.5 Å². The second-order valence-corrected chi connectivity index (χ2v) is 8.90. The molecule has 3 heterocycles. The SMILES string of the molecule is O=C(CN1CCN(C2CCCC2)CC1)N1CCCC1c1ccc2c(c1)OCCO2. The van der Waals surface area contributed by atoms with Gasteiger partial charge in [-0.1, -0.05) is 18.9 Å². The number of fused-ring (bicyclic) bond motifs is 1. The zero-order valence-corrected chi connectivity index (χ0v) is 17.4. The average molecular weight is 400 g/mol. The van der Waals surface area contributed by atoms with E-state index in [9.17, 15) is 4.79 Å². The van der Waals surface area contributed by atoms with Gasteiger partial charge in [0.1, 0.15) is 13.2 Å². The Hall–Kier alpha value is -1.79. The summed E-state index contributed by atoms with van der Waals surface area (Å²) in [6.45, 7) is 6.88. The van der Waals surface area contributed by atoms with Crippen molar-refractivity contribution in [3.05, 3.63) is 23.8 Å². The second kappa shape index (κ2) is 8.52. The van der Waals surface area contributed by atoms with Crippen molar-refractivity contribution < 1.29 is 14.3 Å². The highest BCUT2D eigenvalue weighted by atomic mass is 16.6. The first kappa shape index (κ1) is 19.2. The van der Waals surface area contributed by atoms with Crippen molar-refractivity contribution in [2.45, 2.75) is 50.6 Å². The highest BCUT2D eigenvalue weighted by Gasteiger charge is 2.33. The average Bonchev–Trinajstić information content (AvgIpc) is 3.46. The van der Waals surface area contributed by atoms with Gasteiger partial charge in [-0.25, -0.2) is 0 Å². The third kappa shape index (κ3) is 4.10. The Balaban J connectivity index is 1.18. The Labute approximate surface area is 173 Å². The lowest BCUT2D eigenvalue weighted by Gasteiger charge is -2.38. The molecule has 0 aromatic heterocycles. The lowest BCUT2D eigenvalue weighted by atomic mass is 10.0. The molecule has 4 aliphatic rings. The van der Waals surface area contributed by atoms with Crippen molar-refractivity contribution in [1.82, 2.24) is 14.7 Å². The molecule has 6 heteroatoms. The molecule has 1 aromatic carbocycles. The van der Waals surface area contributed by atoms with Crippen LogP contribution in [0.4, 0.5) is 0 Å². The summed E-state index contributed by atoms with van der Waals surface area (Å²) >= 11 is 0. The van der Waals surface area contributed by atoms with E-state index in [1.165, 1.54) is 31.2 Å². The highest BCUT2D eigenvalue weighted by molar-refractivity contribution is 5.79. The Morgan fingerprint density at radius 2 is 1.66 bits per heavy atom. The van der Waals surface area contributed by atoms with Crippen LogP contribution in [0.3, 0.4) is 0 Å². The van der Waals surface area contributed by atoms with Gasteiger partial charge < -0.3 is 14.4 Å². The number of carbonyl (C=O) groups excluding carboxylic acids is 1. The Kier molecular flexibility index (Phi) is 5.64. The summed E-state index contributed by atoms with van der Waals surface area (Å²) in [6, 6.07) is 7.13. The van der Waals surface area contributed by atoms with Gasteiger partial charge in [0, 0.05) is 38.8 Å². The van der Waals surface area contributed by atoms with Crippen LogP contribution in [-0.4, -0.2) is 79.1 Å². The molecule has 0 spiro atoms. The quantitative estimate of drug-likeness (QED) is 0.779. The largest absolute Gasteiger partial charge is 0.486 e. The molecular formula is C23H33N3O3. The number of rotatable bonds is 4. The molecule has 6 nitrogen and oxygen atoms in total. The molecular weight excluding hydrogens is 366 g/mol. The zero-order chi connectivity index (χ0) is 19.6. The number of hydrogen-bond acceptors (Lipinski definition) is 5. The molecule has 1 saturated carbocycles. The monoisotopic (exact) mass is 399 g/mol. The van der Waals surface area contributed by atoms with Gasteiger partial charge in [0.2, 0.25) is 5.91 Å². The molecule has 3 aliphatic heterocycles. The van der Waals surface area contributed by atoms with E-state index < -0.39 is 0 Å². The van der Waals surface area contributed by atoms with E-state index in [0.717, 1.165) is 63.1 Å². The van der Waals surface area contributed by atoms with E-state index in [-0.39, 0.29) is 11.9 Å². The third-order valence-electron chi connectivity index (χ3n) is 7.13. The zero-order valence-electron chi connectivity index (χ0n) is 17.4. The van der Waals surface area contributed by atoms with Crippen LogP contribution in [0.1, 0.15) is 50.1 Å². The lowest BCUT2D eigenvalue weighted by Crippen LogP contribution is -2.52. The molecule has 158 valence electrons. The highest BCUT2D eigenvalue weighted by Crippen LogP contribution is 2.38. The smallest absolute Gasteiger partial charge is 0.237 e. The number of likely N-dealkylation sites (tertiary alicyclic amines) is 1. The summed E-state index contributed by atoms with van der Waals surface area (Å²) in [5.74, 6) is 1.91. The van der Waals surface area contributed by atoms with E-state index in [1.807, 2.05) is 6.07 Å². The maximum atomic E-state index is 13.1. The number of benzene rings is 1. The molecule has 0 bridgehead atoms. The molecule has 0 radical (unpaired) electrons. The molecule has 3 fully saturated rings. The maximum absolute atomic E-state index is 13.1. The Morgan fingerprint density at radius 3 is 2.45 bits per heavy atom. The van der Waals surface area contributed by atoms with Gasteiger partial charge >= 0.3 is 0 Å². The van der Waals surface area contributed by atoms with E-state index in [0.29, 0.717) is 19.8 Å². The second-order valence-electron chi connectivity index (χ2n) is 8.90. The van der Waals surface area contributed by atoms with Crippen LogP contribution in [0.2, 0.25) is 0 Å². The number of ether oxygens (including phenoxy) is 2. The summed E-state index contributed by atoms with van der Waals surface area (Å²) in [5.41, 5.74) is 1.17. The van der Waals surface area contributed by atoms with Crippen LogP contribution in [-0.2, 0) is 4.79 Å². The van der Waals surface area contributed by atoms with Gasteiger partial charge in [0.15, 0.2) is 11.5 Å². The van der Waals surface area contributed by atoms with Crippen LogP contribution in [0, 0.1) is 0 Å². The number of carbonyl (C=O) groups is 1. The number of amides is 1. The summed E-state index contributed by atoms with van der Waals surface area (Å²) in [7, 11) is 0. The fourth-order valence-corrected chi connectivity index (χ4v) is 5.52. The first-order valence-electron chi connectivity index (χ1n) is 11.4. The van der Waals surface area contributed by atoms with Crippen molar-refractivity contribution in [3.63, 3.8) is 0 Å². The Bertz CT molecular complexity index is 726.